The minimum Gasteiger partial charge on any atom is -0.506 e. The molecule has 4 nitrogen and oxygen atoms in total. The van der Waals surface area contributed by atoms with E-state index in [0.717, 1.165) is 25.4 Å². The van der Waals surface area contributed by atoms with Crippen molar-refractivity contribution >= 4 is 0 Å². The van der Waals surface area contributed by atoms with Gasteiger partial charge in [-0.05, 0) is 25.0 Å². The van der Waals surface area contributed by atoms with Gasteiger partial charge in [-0.25, -0.2) is 0 Å². The summed E-state index contributed by atoms with van der Waals surface area (Å²) in [5.41, 5.74) is 1.03. The molecule has 1 N–H and O–H groups in total. The maximum atomic E-state index is 9.25. The van der Waals surface area contributed by atoms with E-state index in [0.29, 0.717) is 12.1 Å². The van der Waals surface area contributed by atoms with E-state index < -0.39 is 0 Å². The SMILES string of the molecule is Oc1ccc(CN2CCOC3CCCCC32)nc1. The average Bonchev–Trinajstić information content (AvgIpc) is 2.42. The zero-order valence-electron chi connectivity index (χ0n) is 10.6. The van der Waals surface area contributed by atoms with Crippen molar-refractivity contribution in [2.75, 3.05) is 13.2 Å². The minimum atomic E-state index is 0.233. The van der Waals surface area contributed by atoms with Crippen LogP contribution in [0.3, 0.4) is 0 Å². The molecular weight excluding hydrogens is 228 g/mol. The number of fused-ring (bicyclic) bond motifs is 1. The average molecular weight is 248 g/mol. The largest absolute Gasteiger partial charge is 0.506 e. The third-order valence-electron chi connectivity index (χ3n) is 4.02. The topological polar surface area (TPSA) is 45.6 Å². The molecule has 0 spiro atoms. The molecule has 0 bridgehead atoms. The van der Waals surface area contributed by atoms with E-state index in [-0.39, 0.29) is 5.75 Å². The van der Waals surface area contributed by atoms with Crippen molar-refractivity contribution in [3.8, 4) is 5.75 Å². The summed E-state index contributed by atoms with van der Waals surface area (Å²) in [4.78, 5) is 6.77. The number of hydrogen-bond donors (Lipinski definition) is 1. The summed E-state index contributed by atoms with van der Waals surface area (Å²) < 4.78 is 5.87. The number of morpholine rings is 1. The first-order chi connectivity index (χ1) is 8.83. The predicted molar refractivity (Wildman–Crippen MR) is 68.3 cm³/mol. The first-order valence-corrected chi connectivity index (χ1v) is 6.82. The molecule has 98 valence electrons. The zero-order valence-corrected chi connectivity index (χ0v) is 10.6. The monoisotopic (exact) mass is 248 g/mol. The zero-order chi connectivity index (χ0) is 12.4. The van der Waals surface area contributed by atoms with Crippen molar-refractivity contribution in [2.24, 2.45) is 0 Å². The number of rotatable bonds is 2. The Morgan fingerprint density at radius 3 is 3.06 bits per heavy atom. The summed E-state index contributed by atoms with van der Waals surface area (Å²) in [7, 11) is 0. The second kappa shape index (κ2) is 5.24. The maximum Gasteiger partial charge on any atom is 0.133 e. The van der Waals surface area contributed by atoms with Gasteiger partial charge in [0.25, 0.3) is 0 Å². The van der Waals surface area contributed by atoms with Gasteiger partial charge >= 0.3 is 0 Å². The van der Waals surface area contributed by atoms with Crippen LogP contribution >= 0.6 is 0 Å². The fourth-order valence-electron chi connectivity index (χ4n) is 3.09. The number of nitrogens with zero attached hydrogens (tertiary/aromatic N) is 2. The molecule has 1 aromatic rings. The first kappa shape index (κ1) is 11.9. The standard InChI is InChI=1S/C14H20N2O2/c17-12-6-5-11(15-9-12)10-16-7-8-18-14-4-2-1-3-13(14)16/h5-6,9,13-14,17H,1-4,7-8,10H2. The predicted octanol–water partition coefficient (Wildman–Crippen LogP) is 1.93. The molecule has 0 amide bonds. The van der Waals surface area contributed by atoms with Crippen LogP contribution < -0.4 is 0 Å². The molecule has 18 heavy (non-hydrogen) atoms. The van der Waals surface area contributed by atoms with Gasteiger partial charge in [-0.1, -0.05) is 12.8 Å². The quantitative estimate of drug-likeness (QED) is 0.868. The van der Waals surface area contributed by atoms with E-state index in [1.165, 1.54) is 31.9 Å². The van der Waals surface area contributed by atoms with Crippen molar-refractivity contribution < 1.29 is 9.84 Å². The van der Waals surface area contributed by atoms with E-state index in [1.807, 2.05) is 6.07 Å². The fourth-order valence-corrected chi connectivity index (χ4v) is 3.09. The molecule has 2 atom stereocenters. The highest BCUT2D eigenvalue weighted by Crippen LogP contribution is 2.29. The highest BCUT2D eigenvalue weighted by Gasteiger charge is 2.34. The lowest BCUT2D eigenvalue weighted by Crippen LogP contribution is -2.52. The molecule has 2 fully saturated rings. The van der Waals surface area contributed by atoms with E-state index in [2.05, 4.69) is 9.88 Å². The lowest BCUT2D eigenvalue weighted by molar-refractivity contribution is -0.0914. The van der Waals surface area contributed by atoms with Crippen LogP contribution in [-0.2, 0) is 11.3 Å². The Morgan fingerprint density at radius 2 is 2.22 bits per heavy atom. The normalized spacial score (nSPS) is 28.9. The molecule has 3 rings (SSSR count). The number of aromatic nitrogens is 1. The van der Waals surface area contributed by atoms with Gasteiger partial charge in [0.1, 0.15) is 5.75 Å². The molecule has 2 unspecified atom stereocenters. The van der Waals surface area contributed by atoms with Gasteiger partial charge in [0, 0.05) is 19.1 Å². The Hall–Kier alpha value is -1.13. The lowest BCUT2D eigenvalue weighted by atomic mass is 9.90. The Labute approximate surface area is 108 Å². The van der Waals surface area contributed by atoms with Gasteiger partial charge in [0.05, 0.1) is 24.6 Å². The molecule has 1 saturated heterocycles. The third-order valence-corrected chi connectivity index (χ3v) is 4.02. The van der Waals surface area contributed by atoms with Crippen molar-refractivity contribution in [1.82, 2.24) is 9.88 Å². The molecule has 2 aliphatic rings. The highest BCUT2D eigenvalue weighted by atomic mass is 16.5. The Morgan fingerprint density at radius 1 is 1.33 bits per heavy atom. The van der Waals surface area contributed by atoms with E-state index in [9.17, 15) is 5.11 Å². The molecule has 1 aliphatic heterocycles. The van der Waals surface area contributed by atoms with Crippen LogP contribution in [0.4, 0.5) is 0 Å². The van der Waals surface area contributed by atoms with Crippen molar-refractivity contribution in [1.29, 1.82) is 0 Å². The number of pyridine rings is 1. The van der Waals surface area contributed by atoms with Gasteiger partial charge in [0.15, 0.2) is 0 Å². The molecule has 4 heteroatoms. The summed E-state index contributed by atoms with van der Waals surface area (Å²) in [5.74, 6) is 0.233. The van der Waals surface area contributed by atoms with E-state index >= 15 is 0 Å². The molecule has 2 heterocycles. The van der Waals surface area contributed by atoms with Gasteiger partial charge in [-0.15, -0.1) is 0 Å². The third kappa shape index (κ3) is 2.49. The van der Waals surface area contributed by atoms with Crippen molar-refractivity contribution in [3.05, 3.63) is 24.0 Å². The minimum absolute atomic E-state index is 0.233. The first-order valence-electron chi connectivity index (χ1n) is 6.82. The lowest BCUT2D eigenvalue weighted by Gasteiger charge is -2.43. The van der Waals surface area contributed by atoms with Crippen LogP contribution in [0, 0.1) is 0 Å². The molecule has 0 aromatic carbocycles. The maximum absolute atomic E-state index is 9.25. The number of ether oxygens (including phenoxy) is 1. The van der Waals surface area contributed by atoms with E-state index in [1.54, 1.807) is 6.07 Å². The molecule has 0 radical (unpaired) electrons. The highest BCUT2D eigenvalue weighted by molar-refractivity contribution is 5.18. The summed E-state index contributed by atoms with van der Waals surface area (Å²) in [6, 6.07) is 4.17. The van der Waals surface area contributed by atoms with Crippen LogP contribution in [0.1, 0.15) is 31.4 Å². The fraction of sp³-hybridized carbons (Fsp3) is 0.643. The summed E-state index contributed by atoms with van der Waals surface area (Å²) >= 11 is 0. The summed E-state index contributed by atoms with van der Waals surface area (Å²) in [6.45, 7) is 2.69. The van der Waals surface area contributed by atoms with Crippen molar-refractivity contribution in [3.63, 3.8) is 0 Å². The van der Waals surface area contributed by atoms with Crippen LogP contribution in [-0.4, -0.2) is 40.3 Å². The molecule has 1 aliphatic carbocycles. The van der Waals surface area contributed by atoms with Gasteiger partial charge in [0.2, 0.25) is 0 Å². The van der Waals surface area contributed by atoms with Crippen LogP contribution in [0.2, 0.25) is 0 Å². The van der Waals surface area contributed by atoms with Gasteiger partial charge < -0.3 is 9.84 Å². The smallest absolute Gasteiger partial charge is 0.133 e. The molecule has 1 aromatic heterocycles. The van der Waals surface area contributed by atoms with Crippen molar-refractivity contribution in [2.45, 2.75) is 44.4 Å². The molecule has 1 saturated carbocycles. The van der Waals surface area contributed by atoms with E-state index in [4.69, 9.17) is 4.74 Å². The van der Waals surface area contributed by atoms with Gasteiger partial charge in [-0.2, -0.15) is 0 Å². The molecular formula is C14H20N2O2. The summed E-state index contributed by atoms with van der Waals surface area (Å²) in [6.07, 6.45) is 6.99. The Bertz CT molecular complexity index is 391. The van der Waals surface area contributed by atoms with Crippen LogP contribution in [0.25, 0.3) is 0 Å². The summed E-state index contributed by atoms with van der Waals surface area (Å²) in [5, 5.41) is 9.25. The second-order valence-corrected chi connectivity index (χ2v) is 5.24. The van der Waals surface area contributed by atoms with Crippen LogP contribution in [0.15, 0.2) is 18.3 Å². The number of hydrogen-bond acceptors (Lipinski definition) is 4. The Kier molecular flexibility index (Phi) is 3.48. The van der Waals surface area contributed by atoms with Crippen LogP contribution in [0.5, 0.6) is 5.75 Å². The number of aromatic hydroxyl groups is 1. The second-order valence-electron chi connectivity index (χ2n) is 5.24. The Balaban J connectivity index is 1.69. The van der Waals surface area contributed by atoms with Gasteiger partial charge in [-0.3, -0.25) is 9.88 Å².